The van der Waals surface area contributed by atoms with Crippen molar-refractivity contribution in [2.24, 2.45) is 0 Å². The Balaban J connectivity index is 2.14. The molecular formula is C18H22N2O. The number of amides is 1. The fraction of sp³-hybridized carbons (Fsp3) is 0.278. The highest BCUT2D eigenvalue weighted by molar-refractivity contribution is 6.06. The highest BCUT2D eigenvalue weighted by Gasteiger charge is 2.15. The Morgan fingerprint density at radius 1 is 1.00 bits per heavy atom. The lowest BCUT2D eigenvalue weighted by molar-refractivity contribution is 0.0988. The molecule has 0 heterocycles. The number of carbonyl (C=O) groups is 1. The summed E-state index contributed by atoms with van der Waals surface area (Å²) in [6, 6.07) is 17.4. The lowest BCUT2D eigenvalue weighted by Gasteiger charge is -2.21. The predicted molar refractivity (Wildman–Crippen MR) is 89.0 cm³/mol. The maximum absolute atomic E-state index is 12.6. The standard InChI is InChI=1S/C18H22N2O/c1-3-14-19-16-12-10-15(11-13-16)18(21)20(4-2)17-8-6-5-7-9-17/h5-13,19H,3-4,14H2,1-2H3. The van der Waals surface area contributed by atoms with Gasteiger partial charge in [-0.15, -0.1) is 0 Å². The molecule has 21 heavy (non-hydrogen) atoms. The third-order valence-electron chi connectivity index (χ3n) is 3.34. The van der Waals surface area contributed by atoms with Crippen molar-refractivity contribution in [3.63, 3.8) is 0 Å². The minimum atomic E-state index is 0.0331. The monoisotopic (exact) mass is 282 g/mol. The molecule has 0 aliphatic heterocycles. The first-order chi connectivity index (χ1) is 10.3. The van der Waals surface area contributed by atoms with Gasteiger partial charge in [0.1, 0.15) is 0 Å². The van der Waals surface area contributed by atoms with E-state index in [0.717, 1.165) is 24.3 Å². The van der Waals surface area contributed by atoms with Crippen LogP contribution in [0.4, 0.5) is 11.4 Å². The van der Waals surface area contributed by atoms with Gasteiger partial charge in [0.25, 0.3) is 5.91 Å². The zero-order valence-corrected chi connectivity index (χ0v) is 12.7. The van der Waals surface area contributed by atoms with Crippen molar-refractivity contribution in [2.75, 3.05) is 23.3 Å². The Morgan fingerprint density at radius 3 is 2.24 bits per heavy atom. The molecule has 2 rings (SSSR count). The van der Waals surface area contributed by atoms with Crippen molar-refractivity contribution in [3.05, 3.63) is 60.2 Å². The van der Waals surface area contributed by atoms with Crippen molar-refractivity contribution in [1.29, 1.82) is 0 Å². The number of nitrogens with one attached hydrogen (secondary N) is 1. The summed E-state index contributed by atoms with van der Waals surface area (Å²) in [4.78, 5) is 14.4. The molecule has 0 unspecified atom stereocenters. The molecule has 3 nitrogen and oxygen atoms in total. The Morgan fingerprint density at radius 2 is 1.67 bits per heavy atom. The van der Waals surface area contributed by atoms with Crippen LogP contribution < -0.4 is 10.2 Å². The van der Waals surface area contributed by atoms with Crippen molar-refractivity contribution < 1.29 is 4.79 Å². The zero-order valence-electron chi connectivity index (χ0n) is 12.7. The van der Waals surface area contributed by atoms with Crippen molar-refractivity contribution >= 4 is 17.3 Å². The van der Waals surface area contributed by atoms with Crippen LogP contribution in [0.2, 0.25) is 0 Å². The number of carbonyl (C=O) groups excluding carboxylic acids is 1. The molecule has 3 heteroatoms. The minimum Gasteiger partial charge on any atom is -0.385 e. The van der Waals surface area contributed by atoms with Gasteiger partial charge in [0.15, 0.2) is 0 Å². The summed E-state index contributed by atoms with van der Waals surface area (Å²) in [5.41, 5.74) is 2.69. The van der Waals surface area contributed by atoms with E-state index < -0.39 is 0 Å². The second kappa shape index (κ2) is 7.48. The van der Waals surface area contributed by atoms with Gasteiger partial charge < -0.3 is 10.2 Å². The summed E-state index contributed by atoms with van der Waals surface area (Å²) in [6.45, 7) is 5.71. The highest BCUT2D eigenvalue weighted by atomic mass is 16.2. The molecule has 0 saturated carbocycles. The molecule has 0 spiro atoms. The molecule has 2 aromatic carbocycles. The van der Waals surface area contributed by atoms with Crippen molar-refractivity contribution in [2.45, 2.75) is 20.3 Å². The number of hydrogen-bond donors (Lipinski definition) is 1. The van der Waals surface area contributed by atoms with Crippen LogP contribution >= 0.6 is 0 Å². The van der Waals surface area contributed by atoms with E-state index in [9.17, 15) is 4.79 Å². The predicted octanol–water partition coefficient (Wildman–Crippen LogP) is 4.18. The van der Waals surface area contributed by atoms with Crippen LogP contribution in [0.25, 0.3) is 0 Å². The summed E-state index contributed by atoms with van der Waals surface area (Å²) < 4.78 is 0. The molecule has 0 fully saturated rings. The molecular weight excluding hydrogens is 260 g/mol. The normalized spacial score (nSPS) is 10.2. The average molecular weight is 282 g/mol. The largest absolute Gasteiger partial charge is 0.385 e. The maximum Gasteiger partial charge on any atom is 0.258 e. The molecule has 0 aliphatic rings. The summed E-state index contributed by atoms with van der Waals surface area (Å²) >= 11 is 0. The summed E-state index contributed by atoms with van der Waals surface area (Å²) in [5.74, 6) is 0.0331. The summed E-state index contributed by atoms with van der Waals surface area (Å²) in [6.07, 6.45) is 1.08. The fourth-order valence-electron chi connectivity index (χ4n) is 2.21. The second-order valence-electron chi connectivity index (χ2n) is 4.89. The van der Waals surface area contributed by atoms with Gasteiger partial charge in [0, 0.05) is 30.0 Å². The van der Waals surface area contributed by atoms with E-state index in [0.29, 0.717) is 12.1 Å². The van der Waals surface area contributed by atoms with Crippen LogP contribution in [0.1, 0.15) is 30.6 Å². The van der Waals surface area contributed by atoms with Gasteiger partial charge in [-0.1, -0.05) is 25.1 Å². The molecule has 0 radical (unpaired) electrons. The smallest absolute Gasteiger partial charge is 0.258 e. The van der Waals surface area contributed by atoms with Crippen molar-refractivity contribution in [1.82, 2.24) is 0 Å². The Labute approximate surface area is 126 Å². The number of nitrogens with zero attached hydrogens (tertiary/aromatic N) is 1. The quantitative estimate of drug-likeness (QED) is 0.862. The number of anilines is 2. The highest BCUT2D eigenvalue weighted by Crippen LogP contribution is 2.18. The Kier molecular flexibility index (Phi) is 5.38. The zero-order chi connectivity index (χ0) is 15.1. The molecule has 2 aromatic rings. The van der Waals surface area contributed by atoms with Crippen LogP contribution in [-0.4, -0.2) is 19.0 Å². The van der Waals surface area contributed by atoms with Gasteiger partial charge in [-0.05, 0) is 49.7 Å². The molecule has 1 amide bonds. The van der Waals surface area contributed by atoms with Crippen molar-refractivity contribution in [3.8, 4) is 0 Å². The van der Waals surface area contributed by atoms with Gasteiger partial charge in [0.2, 0.25) is 0 Å². The molecule has 110 valence electrons. The van der Waals surface area contributed by atoms with E-state index in [-0.39, 0.29) is 5.91 Å². The van der Waals surface area contributed by atoms with E-state index in [1.807, 2.05) is 61.5 Å². The van der Waals surface area contributed by atoms with Crippen LogP contribution in [0.15, 0.2) is 54.6 Å². The molecule has 0 bridgehead atoms. The average Bonchev–Trinajstić information content (AvgIpc) is 2.55. The number of benzene rings is 2. The molecule has 1 N–H and O–H groups in total. The van der Waals surface area contributed by atoms with E-state index in [1.165, 1.54) is 0 Å². The lowest BCUT2D eigenvalue weighted by Crippen LogP contribution is -2.30. The molecule has 0 aromatic heterocycles. The van der Waals surface area contributed by atoms with E-state index in [2.05, 4.69) is 12.2 Å². The number of hydrogen-bond acceptors (Lipinski definition) is 2. The Hall–Kier alpha value is -2.29. The van der Waals surface area contributed by atoms with E-state index in [4.69, 9.17) is 0 Å². The van der Waals surface area contributed by atoms with Crippen LogP contribution in [0, 0.1) is 0 Å². The first-order valence-corrected chi connectivity index (χ1v) is 7.47. The van der Waals surface area contributed by atoms with Crippen LogP contribution in [0.3, 0.4) is 0 Å². The van der Waals surface area contributed by atoms with Crippen LogP contribution in [-0.2, 0) is 0 Å². The number of rotatable bonds is 6. The Bertz CT molecular complexity index is 564. The topological polar surface area (TPSA) is 32.3 Å². The van der Waals surface area contributed by atoms with E-state index >= 15 is 0 Å². The molecule has 0 aliphatic carbocycles. The fourth-order valence-corrected chi connectivity index (χ4v) is 2.21. The third-order valence-corrected chi connectivity index (χ3v) is 3.34. The number of para-hydroxylation sites is 1. The second-order valence-corrected chi connectivity index (χ2v) is 4.89. The summed E-state index contributed by atoms with van der Waals surface area (Å²) in [7, 11) is 0. The van der Waals surface area contributed by atoms with Gasteiger partial charge in [-0.3, -0.25) is 4.79 Å². The third kappa shape index (κ3) is 3.85. The lowest BCUT2D eigenvalue weighted by atomic mass is 10.1. The first-order valence-electron chi connectivity index (χ1n) is 7.47. The van der Waals surface area contributed by atoms with Gasteiger partial charge >= 0.3 is 0 Å². The first kappa shape index (κ1) is 15.1. The summed E-state index contributed by atoms with van der Waals surface area (Å²) in [5, 5.41) is 3.31. The SMILES string of the molecule is CCCNc1ccc(C(=O)N(CC)c2ccccc2)cc1. The molecule has 0 saturated heterocycles. The minimum absolute atomic E-state index is 0.0331. The van der Waals surface area contributed by atoms with Crippen LogP contribution in [0.5, 0.6) is 0 Å². The van der Waals surface area contributed by atoms with Gasteiger partial charge in [-0.2, -0.15) is 0 Å². The maximum atomic E-state index is 12.6. The van der Waals surface area contributed by atoms with Gasteiger partial charge in [-0.25, -0.2) is 0 Å². The van der Waals surface area contributed by atoms with E-state index in [1.54, 1.807) is 4.90 Å². The van der Waals surface area contributed by atoms with Gasteiger partial charge in [0.05, 0.1) is 0 Å². The molecule has 0 atom stereocenters.